The molecule has 1 aliphatic rings. The molecule has 0 N–H and O–H groups in total. The van der Waals surface area contributed by atoms with E-state index >= 15 is 0 Å². The second-order valence-electron chi connectivity index (χ2n) is 5.07. The van der Waals surface area contributed by atoms with Crippen molar-refractivity contribution in [3.8, 4) is 0 Å². The van der Waals surface area contributed by atoms with Crippen LogP contribution in [0.5, 0.6) is 0 Å². The molecular formula is C17H13BrFN3OS. The highest BCUT2D eigenvalue weighted by atomic mass is 79.9. The maximum atomic E-state index is 13.0. The van der Waals surface area contributed by atoms with Crippen LogP contribution in [0.1, 0.15) is 11.1 Å². The fourth-order valence-corrected chi connectivity index (χ4v) is 3.19. The molecule has 1 fully saturated rings. The average Bonchev–Trinajstić information content (AvgIpc) is 2.92. The number of benzene rings is 2. The van der Waals surface area contributed by atoms with Crippen LogP contribution in [0.4, 0.5) is 4.39 Å². The molecule has 24 heavy (non-hydrogen) atoms. The summed E-state index contributed by atoms with van der Waals surface area (Å²) in [6.07, 6.45) is 1.64. The molecule has 2 aromatic rings. The maximum Gasteiger partial charge on any atom is 0.239 e. The van der Waals surface area contributed by atoms with Gasteiger partial charge in [0, 0.05) is 4.47 Å². The Morgan fingerprint density at radius 1 is 1.17 bits per heavy atom. The SMILES string of the molecule is O=C1CS/C(=N\N=C\c2ccc(Br)cc2)N1Cc1ccc(F)cc1. The zero-order chi connectivity index (χ0) is 16.9. The molecule has 1 amide bonds. The van der Waals surface area contributed by atoms with Crippen LogP contribution in [0.3, 0.4) is 0 Å². The highest BCUT2D eigenvalue weighted by molar-refractivity contribution is 9.10. The van der Waals surface area contributed by atoms with E-state index in [9.17, 15) is 9.18 Å². The number of amidine groups is 1. The molecule has 0 saturated carbocycles. The van der Waals surface area contributed by atoms with Gasteiger partial charge in [-0.25, -0.2) is 4.39 Å². The van der Waals surface area contributed by atoms with Crippen LogP contribution >= 0.6 is 27.7 Å². The lowest BCUT2D eigenvalue weighted by Crippen LogP contribution is -2.28. The molecular weight excluding hydrogens is 393 g/mol. The van der Waals surface area contributed by atoms with Crippen molar-refractivity contribution in [3.05, 3.63) is 69.9 Å². The summed E-state index contributed by atoms with van der Waals surface area (Å²) in [4.78, 5) is 13.6. The molecule has 0 atom stereocenters. The van der Waals surface area contributed by atoms with Crippen molar-refractivity contribution >= 4 is 45.0 Å². The van der Waals surface area contributed by atoms with Gasteiger partial charge in [0.05, 0.1) is 18.5 Å². The first-order chi connectivity index (χ1) is 11.6. The summed E-state index contributed by atoms with van der Waals surface area (Å²) in [7, 11) is 0. The molecule has 0 aliphatic carbocycles. The molecule has 122 valence electrons. The molecule has 0 radical (unpaired) electrons. The molecule has 0 bridgehead atoms. The van der Waals surface area contributed by atoms with Gasteiger partial charge in [-0.05, 0) is 35.4 Å². The predicted molar refractivity (Wildman–Crippen MR) is 98.6 cm³/mol. The molecule has 0 aromatic heterocycles. The Balaban J connectivity index is 1.72. The molecule has 4 nitrogen and oxygen atoms in total. The summed E-state index contributed by atoms with van der Waals surface area (Å²) in [6, 6.07) is 13.8. The van der Waals surface area contributed by atoms with Gasteiger partial charge in [0.15, 0.2) is 5.17 Å². The molecule has 0 spiro atoms. The van der Waals surface area contributed by atoms with Crippen molar-refractivity contribution in [2.75, 3.05) is 5.75 Å². The van der Waals surface area contributed by atoms with Gasteiger partial charge in [0.1, 0.15) is 5.82 Å². The minimum Gasteiger partial charge on any atom is -0.285 e. The summed E-state index contributed by atoms with van der Waals surface area (Å²) in [5, 5.41) is 8.77. The largest absolute Gasteiger partial charge is 0.285 e. The van der Waals surface area contributed by atoms with E-state index in [0.29, 0.717) is 17.5 Å². The first kappa shape index (κ1) is 16.9. The quantitative estimate of drug-likeness (QED) is 0.568. The number of nitrogens with zero attached hydrogens (tertiary/aromatic N) is 3. The number of hydrogen-bond donors (Lipinski definition) is 0. The number of carbonyl (C=O) groups excluding carboxylic acids is 1. The van der Waals surface area contributed by atoms with Crippen LogP contribution in [-0.4, -0.2) is 27.9 Å². The zero-order valence-electron chi connectivity index (χ0n) is 12.5. The number of rotatable bonds is 4. The second-order valence-corrected chi connectivity index (χ2v) is 6.93. The third kappa shape index (κ3) is 4.30. The number of amides is 1. The van der Waals surface area contributed by atoms with Crippen molar-refractivity contribution in [1.82, 2.24) is 4.90 Å². The summed E-state index contributed by atoms with van der Waals surface area (Å²) in [5.74, 6) is 0.0177. The molecule has 2 aromatic carbocycles. The van der Waals surface area contributed by atoms with Crippen molar-refractivity contribution in [2.45, 2.75) is 6.54 Å². The van der Waals surface area contributed by atoms with Crippen LogP contribution in [0.2, 0.25) is 0 Å². The highest BCUT2D eigenvalue weighted by Crippen LogP contribution is 2.22. The smallest absolute Gasteiger partial charge is 0.239 e. The van der Waals surface area contributed by atoms with Gasteiger partial charge >= 0.3 is 0 Å². The van der Waals surface area contributed by atoms with E-state index in [1.807, 2.05) is 24.3 Å². The van der Waals surface area contributed by atoms with Gasteiger partial charge in [-0.15, -0.1) is 5.10 Å². The third-order valence-electron chi connectivity index (χ3n) is 3.33. The van der Waals surface area contributed by atoms with E-state index in [-0.39, 0.29) is 11.7 Å². The summed E-state index contributed by atoms with van der Waals surface area (Å²) in [6.45, 7) is 0.360. The van der Waals surface area contributed by atoms with Crippen LogP contribution < -0.4 is 0 Å². The highest BCUT2D eigenvalue weighted by Gasteiger charge is 2.28. The lowest BCUT2D eigenvalue weighted by atomic mass is 10.2. The lowest BCUT2D eigenvalue weighted by molar-refractivity contribution is -0.124. The van der Waals surface area contributed by atoms with Gasteiger partial charge in [0.25, 0.3) is 0 Å². The minimum atomic E-state index is -0.297. The van der Waals surface area contributed by atoms with Gasteiger partial charge in [0.2, 0.25) is 5.91 Å². The van der Waals surface area contributed by atoms with Gasteiger partial charge in [-0.1, -0.05) is 52.0 Å². The van der Waals surface area contributed by atoms with E-state index < -0.39 is 0 Å². The van der Waals surface area contributed by atoms with Crippen molar-refractivity contribution in [3.63, 3.8) is 0 Å². The van der Waals surface area contributed by atoms with Gasteiger partial charge in [-0.2, -0.15) is 5.10 Å². The van der Waals surface area contributed by atoms with Crippen LogP contribution in [0, 0.1) is 5.82 Å². The summed E-state index contributed by atoms with van der Waals surface area (Å²) >= 11 is 4.72. The van der Waals surface area contributed by atoms with Crippen LogP contribution in [0.15, 0.2) is 63.2 Å². The fraction of sp³-hybridized carbons (Fsp3) is 0.118. The van der Waals surface area contributed by atoms with Crippen LogP contribution in [0.25, 0.3) is 0 Å². The van der Waals surface area contributed by atoms with Gasteiger partial charge in [-0.3, -0.25) is 9.69 Å². The zero-order valence-corrected chi connectivity index (χ0v) is 14.9. The number of thioether (sulfide) groups is 1. The third-order valence-corrected chi connectivity index (χ3v) is 4.81. The number of hydrogen-bond acceptors (Lipinski definition) is 4. The van der Waals surface area contributed by atoms with Crippen LogP contribution in [-0.2, 0) is 11.3 Å². The first-order valence-corrected chi connectivity index (χ1v) is 8.94. The van der Waals surface area contributed by atoms with E-state index in [1.54, 1.807) is 23.2 Å². The average molecular weight is 406 g/mol. The van der Waals surface area contributed by atoms with Gasteiger partial charge < -0.3 is 0 Å². The summed E-state index contributed by atoms with van der Waals surface area (Å²) < 4.78 is 14.0. The van der Waals surface area contributed by atoms with Crippen molar-refractivity contribution < 1.29 is 9.18 Å². The Morgan fingerprint density at radius 2 is 1.88 bits per heavy atom. The number of halogens is 2. The summed E-state index contributed by atoms with van der Waals surface area (Å²) in [5.41, 5.74) is 1.76. The Labute approximate surface area is 151 Å². The van der Waals surface area contributed by atoms with Crippen molar-refractivity contribution in [1.29, 1.82) is 0 Å². The van der Waals surface area contributed by atoms with E-state index in [4.69, 9.17) is 0 Å². The Hall–Kier alpha value is -1.99. The van der Waals surface area contributed by atoms with E-state index in [0.717, 1.165) is 15.6 Å². The maximum absolute atomic E-state index is 13.0. The van der Waals surface area contributed by atoms with E-state index in [2.05, 4.69) is 26.1 Å². The second kappa shape index (κ2) is 7.72. The first-order valence-electron chi connectivity index (χ1n) is 7.16. The molecule has 1 saturated heterocycles. The predicted octanol–water partition coefficient (Wildman–Crippen LogP) is 4.05. The fourth-order valence-electron chi connectivity index (χ4n) is 2.09. The Kier molecular flexibility index (Phi) is 5.42. The van der Waals surface area contributed by atoms with E-state index in [1.165, 1.54) is 23.9 Å². The molecule has 7 heteroatoms. The molecule has 1 heterocycles. The normalized spacial score (nSPS) is 16.5. The standard InChI is InChI=1S/C17H13BrFN3OS/c18-14-5-1-12(2-6-14)9-20-21-17-22(16(23)11-24-17)10-13-3-7-15(19)8-4-13/h1-9H,10-11H2/b20-9+,21-17-. The van der Waals surface area contributed by atoms with Crippen molar-refractivity contribution in [2.24, 2.45) is 10.2 Å². The monoisotopic (exact) mass is 405 g/mol. The Bertz CT molecular complexity index is 790. The number of carbonyl (C=O) groups is 1. The molecule has 3 rings (SSSR count). The molecule has 1 aliphatic heterocycles. The minimum absolute atomic E-state index is 0.0260. The molecule has 0 unspecified atom stereocenters. The topological polar surface area (TPSA) is 45.0 Å². The lowest BCUT2D eigenvalue weighted by Gasteiger charge is -2.15. The Morgan fingerprint density at radius 3 is 2.58 bits per heavy atom.